The Morgan fingerprint density at radius 2 is 1.00 bits per heavy atom. The van der Waals surface area contributed by atoms with Gasteiger partial charge in [0, 0.05) is 37.6 Å². The van der Waals surface area contributed by atoms with Crippen LogP contribution in [0.15, 0.2) is 24.3 Å². The predicted octanol–water partition coefficient (Wildman–Crippen LogP) is 4.94. The minimum absolute atomic E-state index is 1.09. The highest BCUT2D eigenvalue weighted by Crippen LogP contribution is 2.21. The molecule has 0 amide bonds. The largest absolute Gasteiger partial charge is 0.372 e. The highest BCUT2D eigenvalue weighted by Gasteiger charge is 2.06. The standard InChI is InChI=1S/C18H32N2/c1-5-9-15-19(7-3)17-11-13-18(14-12-17)20(8-4)16-10-6-2/h11-14H,5-10,15-16H2,1-4H3. The molecular formula is C18H32N2. The van der Waals surface area contributed by atoms with Crippen molar-refractivity contribution in [1.82, 2.24) is 0 Å². The topological polar surface area (TPSA) is 6.48 Å². The van der Waals surface area contributed by atoms with Crippen LogP contribution in [-0.2, 0) is 0 Å². The van der Waals surface area contributed by atoms with E-state index in [9.17, 15) is 0 Å². The highest BCUT2D eigenvalue weighted by molar-refractivity contribution is 5.56. The van der Waals surface area contributed by atoms with Crippen molar-refractivity contribution in [3.05, 3.63) is 24.3 Å². The maximum Gasteiger partial charge on any atom is 0.0367 e. The van der Waals surface area contributed by atoms with E-state index in [-0.39, 0.29) is 0 Å². The van der Waals surface area contributed by atoms with Crippen LogP contribution < -0.4 is 9.80 Å². The maximum atomic E-state index is 2.47. The van der Waals surface area contributed by atoms with Gasteiger partial charge in [0.25, 0.3) is 0 Å². The average Bonchev–Trinajstić information content (AvgIpc) is 2.50. The molecule has 0 saturated carbocycles. The quantitative estimate of drug-likeness (QED) is 0.597. The van der Waals surface area contributed by atoms with Crippen molar-refractivity contribution < 1.29 is 0 Å². The second kappa shape index (κ2) is 9.68. The van der Waals surface area contributed by atoms with Gasteiger partial charge in [0.1, 0.15) is 0 Å². The summed E-state index contributed by atoms with van der Waals surface area (Å²) in [6.07, 6.45) is 5.06. The molecule has 1 aromatic carbocycles. The summed E-state index contributed by atoms with van der Waals surface area (Å²) in [5.74, 6) is 0. The van der Waals surface area contributed by atoms with E-state index >= 15 is 0 Å². The van der Waals surface area contributed by atoms with Crippen molar-refractivity contribution in [2.45, 2.75) is 53.4 Å². The van der Waals surface area contributed by atoms with Gasteiger partial charge in [-0.3, -0.25) is 0 Å². The minimum atomic E-state index is 1.09. The molecule has 1 aromatic rings. The summed E-state index contributed by atoms with van der Waals surface area (Å²) in [5, 5.41) is 0. The molecule has 0 heterocycles. The first-order valence-electron chi connectivity index (χ1n) is 8.36. The summed E-state index contributed by atoms with van der Waals surface area (Å²) in [6, 6.07) is 9.12. The Hall–Kier alpha value is -1.18. The fourth-order valence-corrected chi connectivity index (χ4v) is 2.51. The molecule has 0 saturated heterocycles. The molecule has 0 aliphatic carbocycles. The van der Waals surface area contributed by atoms with Crippen LogP contribution in [0.5, 0.6) is 0 Å². The van der Waals surface area contributed by atoms with E-state index in [1.54, 1.807) is 0 Å². The third-order valence-corrected chi connectivity index (χ3v) is 3.91. The van der Waals surface area contributed by atoms with Crippen LogP contribution in [0.2, 0.25) is 0 Å². The molecule has 0 aliphatic rings. The van der Waals surface area contributed by atoms with Crippen molar-refractivity contribution in [2.75, 3.05) is 36.0 Å². The van der Waals surface area contributed by atoms with Gasteiger partial charge in [-0.15, -0.1) is 0 Å². The Morgan fingerprint density at radius 1 is 0.650 bits per heavy atom. The molecule has 2 nitrogen and oxygen atoms in total. The lowest BCUT2D eigenvalue weighted by Crippen LogP contribution is -2.25. The van der Waals surface area contributed by atoms with Gasteiger partial charge in [0.2, 0.25) is 0 Å². The lowest BCUT2D eigenvalue weighted by molar-refractivity contribution is 0.728. The molecule has 0 N–H and O–H groups in total. The Bertz CT molecular complexity index is 310. The summed E-state index contributed by atoms with van der Waals surface area (Å²) in [7, 11) is 0. The Labute approximate surface area is 125 Å². The first-order chi connectivity index (χ1) is 9.76. The minimum Gasteiger partial charge on any atom is -0.372 e. The van der Waals surface area contributed by atoms with Gasteiger partial charge in [-0.1, -0.05) is 26.7 Å². The lowest BCUT2D eigenvalue weighted by atomic mass is 10.2. The summed E-state index contributed by atoms with van der Waals surface area (Å²) in [4.78, 5) is 4.94. The van der Waals surface area contributed by atoms with Gasteiger partial charge >= 0.3 is 0 Å². The zero-order valence-corrected chi connectivity index (χ0v) is 13.9. The van der Waals surface area contributed by atoms with Crippen LogP contribution in [0.3, 0.4) is 0 Å². The van der Waals surface area contributed by atoms with Crippen LogP contribution in [-0.4, -0.2) is 26.2 Å². The molecule has 20 heavy (non-hydrogen) atoms. The average molecular weight is 276 g/mol. The number of hydrogen-bond acceptors (Lipinski definition) is 2. The van der Waals surface area contributed by atoms with Crippen LogP contribution in [0.1, 0.15) is 53.4 Å². The molecule has 114 valence electrons. The van der Waals surface area contributed by atoms with Crippen molar-refractivity contribution in [3.63, 3.8) is 0 Å². The molecule has 0 unspecified atom stereocenters. The normalized spacial score (nSPS) is 10.6. The highest BCUT2D eigenvalue weighted by atomic mass is 15.1. The molecule has 1 rings (SSSR count). The van der Waals surface area contributed by atoms with Crippen LogP contribution >= 0.6 is 0 Å². The van der Waals surface area contributed by atoms with E-state index in [1.165, 1.54) is 50.1 Å². The smallest absolute Gasteiger partial charge is 0.0367 e. The van der Waals surface area contributed by atoms with E-state index in [1.807, 2.05) is 0 Å². The van der Waals surface area contributed by atoms with E-state index in [0.29, 0.717) is 0 Å². The van der Waals surface area contributed by atoms with Gasteiger partial charge < -0.3 is 9.80 Å². The third kappa shape index (κ3) is 5.07. The Kier molecular flexibility index (Phi) is 8.17. The second-order valence-corrected chi connectivity index (χ2v) is 5.38. The van der Waals surface area contributed by atoms with E-state index in [4.69, 9.17) is 0 Å². The van der Waals surface area contributed by atoms with Crippen molar-refractivity contribution in [2.24, 2.45) is 0 Å². The number of anilines is 2. The number of unbranched alkanes of at least 4 members (excludes halogenated alkanes) is 2. The molecule has 2 heteroatoms. The van der Waals surface area contributed by atoms with Gasteiger partial charge in [0.05, 0.1) is 0 Å². The number of nitrogens with zero attached hydrogens (tertiary/aromatic N) is 2. The summed E-state index contributed by atoms with van der Waals surface area (Å²) < 4.78 is 0. The molecular weight excluding hydrogens is 244 g/mol. The SMILES string of the molecule is CCCCN(CC)c1ccc(N(CC)CCCC)cc1. The molecule has 0 aliphatic heterocycles. The van der Waals surface area contributed by atoms with Gasteiger partial charge in [0.15, 0.2) is 0 Å². The maximum absolute atomic E-state index is 2.47. The Morgan fingerprint density at radius 3 is 1.25 bits per heavy atom. The summed E-state index contributed by atoms with van der Waals surface area (Å²) in [6.45, 7) is 13.5. The number of rotatable bonds is 10. The zero-order chi connectivity index (χ0) is 14.8. The third-order valence-electron chi connectivity index (χ3n) is 3.91. The van der Waals surface area contributed by atoms with Gasteiger partial charge in [-0.25, -0.2) is 0 Å². The number of benzene rings is 1. The fraction of sp³-hybridized carbons (Fsp3) is 0.667. The van der Waals surface area contributed by atoms with E-state index in [0.717, 1.165) is 13.1 Å². The Balaban J connectivity index is 2.70. The molecule has 0 bridgehead atoms. The van der Waals surface area contributed by atoms with E-state index < -0.39 is 0 Å². The predicted molar refractivity (Wildman–Crippen MR) is 92.0 cm³/mol. The van der Waals surface area contributed by atoms with Crippen LogP contribution in [0.25, 0.3) is 0 Å². The van der Waals surface area contributed by atoms with Gasteiger partial charge in [-0.2, -0.15) is 0 Å². The van der Waals surface area contributed by atoms with Crippen LogP contribution in [0, 0.1) is 0 Å². The molecule has 0 aromatic heterocycles. The van der Waals surface area contributed by atoms with Crippen molar-refractivity contribution in [3.8, 4) is 0 Å². The van der Waals surface area contributed by atoms with Crippen molar-refractivity contribution >= 4 is 11.4 Å². The number of hydrogen-bond donors (Lipinski definition) is 0. The molecule has 0 spiro atoms. The molecule has 0 atom stereocenters. The molecule has 0 fully saturated rings. The monoisotopic (exact) mass is 276 g/mol. The fourth-order valence-electron chi connectivity index (χ4n) is 2.51. The van der Waals surface area contributed by atoms with Crippen LogP contribution in [0.4, 0.5) is 11.4 Å². The molecule has 0 radical (unpaired) electrons. The zero-order valence-electron chi connectivity index (χ0n) is 13.9. The van der Waals surface area contributed by atoms with Crippen molar-refractivity contribution in [1.29, 1.82) is 0 Å². The lowest BCUT2D eigenvalue weighted by Gasteiger charge is -2.26. The summed E-state index contributed by atoms with van der Waals surface area (Å²) in [5.41, 5.74) is 2.72. The first kappa shape index (κ1) is 16.9. The van der Waals surface area contributed by atoms with Gasteiger partial charge in [-0.05, 0) is 51.0 Å². The van der Waals surface area contributed by atoms with E-state index in [2.05, 4.69) is 61.8 Å². The first-order valence-corrected chi connectivity index (χ1v) is 8.36. The second-order valence-electron chi connectivity index (χ2n) is 5.38. The summed E-state index contributed by atoms with van der Waals surface area (Å²) >= 11 is 0.